The van der Waals surface area contributed by atoms with E-state index < -0.39 is 10.3 Å². The van der Waals surface area contributed by atoms with Crippen LogP contribution in [0.2, 0.25) is 0 Å². The van der Waals surface area contributed by atoms with Crippen molar-refractivity contribution < 1.29 is 0 Å². The maximum atomic E-state index is 6.12. The molecule has 0 saturated carbocycles. The molecule has 1 aromatic rings. The minimum absolute atomic E-state index is 0.637. The van der Waals surface area contributed by atoms with Gasteiger partial charge in [0.15, 0.2) is 0 Å². The van der Waals surface area contributed by atoms with E-state index in [0.29, 0.717) is 0 Å². The van der Waals surface area contributed by atoms with Crippen molar-refractivity contribution in [3.8, 4) is 0 Å². The van der Waals surface area contributed by atoms with Gasteiger partial charge >= 0.3 is 110 Å². The predicted octanol–water partition coefficient (Wildman–Crippen LogP) is 2.70. The topological polar surface area (TPSA) is 38.0 Å². The number of hydrogen-bond donors (Lipinski definition) is 3. The normalized spacial score (nSPS) is 16.1. The molecular formula is C12H17BN2S2. The van der Waals surface area contributed by atoms with Gasteiger partial charge in [-0.2, -0.15) is 0 Å². The standard InChI is InChI=1S/C12H17BN2S2/c1-16-11-7-6-10(15-17(2)13)8-4-3-5-9(14)12(8)11/h5-7,15,17H,3-4,14H2,1-2H3. The van der Waals surface area contributed by atoms with Crippen LogP contribution in [-0.2, 0) is 6.42 Å². The van der Waals surface area contributed by atoms with Gasteiger partial charge in [-0.3, -0.25) is 0 Å². The molecule has 5 heteroatoms. The second kappa shape index (κ2) is 5.31. The van der Waals surface area contributed by atoms with Gasteiger partial charge in [-0.15, -0.1) is 0 Å². The average Bonchev–Trinajstić information content (AvgIpc) is 2.29. The number of rotatable bonds is 2. The quantitative estimate of drug-likeness (QED) is 0.437. The van der Waals surface area contributed by atoms with E-state index >= 15 is 0 Å². The summed E-state index contributed by atoms with van der Waals surface area (Å²) in [6.45, 7) is 5.87. The minimum atomic E-state index is -0.637. The monoisotopic (exact) mass is 264 g/mol. The summed E-state index contributed by atoms with van der Waals surface area (Å²) < 4.78 is 3.36. The summed E-state index contributed by atoms with van der Waals surface area (Å²) >= 11 is 1.74. The Morgan fingerprint density at radius 1 is 1.47 bits per heavy atom. The zero-order chi connectivity index (χ0) is 12.4. The number of anilines is 1. The molecule has 0 aromatic heterocycles. The summed E-state index contributed by atoms with van der Waals surface area (Å²) in [7, 11) is -0.637. The number of thiol groups is 1. The SMILES string of the molecule is B#[SH](C)Nc1ccc(SC)c2c1CCC=C2N. The van der Waals surface area contributed by atoms with Crippen LogP contribution in [-0.4, -0.2) is 19.0 Å². The van der Waals surface area contributed by atoms with E-state index in [2.05, 4.69) is 29.2 Å². The van der Waals surface area contributed by atoms with E-state index in [9.17, 15) is 0 Å². The first-order chi connectivity index (χ1) is 8.13. The van der Waals surface area contributed by atoms with Crippen LogP contribution in [0.4, 0.5) is 5.69 Å². The van der Waals surface area contributed by atoms with E-state index in [4.69, 9.17) is 12.3 Å². The first kappa shape index (κ1) is 12.8. The first-order valence-electron chi connectivity index (χ1n) is 5.54. The second-order valence-electron chi connectivity index (χ2n) is 4.09. The average molecular weight is 264 g/mol. The molecule has 1 aliphatic rings. The molecule has 17 heavy (non-hydrogen) atoms. The van der Waals surface area contributed by atoms with Crippen molar-refractivity contribution >= 4 is 40.0 Å². The molecule has 2 nitrogen and oxygen atoms in total. The van der Waals surface area contributed by atoms with Crippen LogP contribution in [0.25, 0.3) is 5.70 Å². The third-order valence-corrected chi connectivity index (χ3v) is 4.21. The molecular weight excluding hydrogens is 247 g/mol. The molecule has 0 aliphatic heterocycles. The Kier molecular flexibility index (Phi) is 3.99. The molecule has 1 aromatic carbocycles. The van der Waals surface area contributed by atoms with Gasteiger partial charge in [0.05, 0.1) is 0 Å². The maximum absolute atomic E-state index is 6.12. The summed E-state index contributed by atoms with van der Waals surface area (Å²) in [5, 5.41) is 0. The summed E-state index contributed by atoms with van der Waals surface area (Å²) in [5.41, 5.74) is 10.7. The number of nitrogens with one attached hydrogen (secondary N) is 1. The molecule has 2 rings (SSSR count). The Hall–Kier alpha value is -0.675. The molecule has 90 valence electrons. The van der Waals surface area contributed by atoms with Crippen LogP contribution in [0.15, 0.2) is 23.1 Å². The summed E-state index contributed by atoms with van der Waals surface area (Å²) in [4.78, 5) is 1.25. The summed E-state index contributed by atoms with van der Waals surface area (Å²) in [6, 6.07) is 4.24. The zero-order valence-corrected chi connectivity index (χ0v) is 11.9. The van der Waals surface area contributed by atoms with Gasteiger partial charge in [0.25, 0.3) is 0 Å². The van der Waals surface area contributed by atoms with Gasteiger partial charge in [-0.1, -0.05) is 0 Å². The third kappa shape index (κ3) is 2.60. The van der Waals surface area contributed by atoms with Crippen LogP contribution in [0.5, 0.6) is 0 Å². The second-order valence-corrected chi connectivity index (χ2v) is 6.38. The molecule has 3 N–H and O–H groups in total. The van der Waals surface area contributed by atoms with Gasteiger partial charge in [-0.05, 0) is 0 Å². The number of thioether (sulfide) groups is 1. The van der Waals surface area contributed by atoms with Crippen LogP contribution >= 0.6 is 22.1 Å². The van der Waals surface area contributed by atoms with Gasteiger partial charge < -0.3 is 0 Å². The van der Waals surface area contributed by atoms with Crippen molar-refractivity contribution in [2.75, 3.05) is 17.2 Å². The molecule has 1 atom stereocenters. The molecule has 1 aliphatic carbocycles. The van der Waals surface area contributed by atoms with Gasteiger partial charge in [0.2, 0.25) is 0 Å². The number of nitrogens with two attached hydrogens (primary N) is 1. The van der Waals surface area contributed by atoms with E-state index in [1.54, 1.807) is 11.8 Å². The fourth-order valence-corrected chi connectivity index (χ4v) is 3.38. The molecule has 0 fully saturated rings. The van der Waals surface area contributed by atoms with Crippen molar-refractivity contribution in [2.45, 2.75) is 17.7 Å². The number of fused-ring (bicyclic) bond motifs is 1. The van der Waals surface area contributed by atoms with E-state index in [0.717, 1.165) is 24.2 Å². The van der Waals surface area contributed by atoms with E-state index in [-0.39, 0.29) is 0 Å². The fraction of sp³-hybridized carbons (Fsp3) is 0.333. The molecule has 0 amide bonds. The molecule has 0 spiro atoms. The molecule has 0 radical (unpaired) electrons. The van der Waals surface area contributed by atoms with Gasteiger partial charge in [0, 0.05) is 0 Å². The Balaban J connectivity index is 2.57. The van der Waals surface area contributed by atoms with E-state index in [1.165, 1.54) is 16.0 Å². The Labute approximate surface area is 110 Å². The number of hydrogen-bond acceptors (Lipinski definition) is 3. The summed E-state index contributed by atoms with van der Waals surface area (Å²) in [6.07, 6.45) is 8.25. The predicted molar refractivity (Wildman–Crippen MR) is 83.0 cm³/mol. The number of benzene rings is 1. The Bertz CT molecular complexity index is 543. The Morgan fingerprint density at radius 2 is 2.24 bits per heavy atom. The van der Waals surface area contributed by atoms with E-state index in [1.807, 2.05) is 6.26 Å². The molecule has 0 bridgehead atoms. The van der Waals surface area contributed by atoms with Crippen LogP contribution in [0.3, 0.4) is 0 Å². The summed E-state index contributed by atoms with van der Waals surface area (Å²) in [5.74, 6) is 0. The van der Waals surface area contributed by atoms with Gasteiger partial charge in [-0.25, -0.2) is 0 Å². The van der Waals surface area contributed by atoms with Crippen molar-refractivity contribution in [2.24, 2.45) is 5.73 Å². The van der Waals surface area contributed by atoms with Crippen molar-refractivity contribution in [1.29, 1.82) is 0 Å². The van der Waals surface area contributed by atoms with Crippen LogP contribution < -0.4 is 10.5 Å². The van der Waals surface area contributed by atoms with Crippen LogP contribution in [0.1, 0.15) is 17.5 Å². The van der Waals surface area contributed by atoms with Crippen molar-refractivity contribution in [3.05, 3.63) is 29.3 Å². The molecule has 0 heterocycles. The molecule has 0 saturated heterocycles. The molecule has 1 unspecified atom stereocenters. The first-order valence-corrected chi connectivity index (χ1v) is 8.62. The van der Waals surface area contributed by atoms with Crippen molar-refractivity contribution in [1.82, 2.24) is 0 Å². The third-order valence-electron chi connectivity index (χ3n) is 2.84. The van der Waals surface area contributed by atoms with Gasteiger partial charge in [0.1, 0.15) is 0 Å². The van der Waals surface area contributed by atoms with Crippen molar-refractivity contribution in [3.63, 3.8) is 0 Å². The Morgan fingerprint density at radius 3 is 2.88 bits per heavy atom. The fourth-order valence-electron chi connectivity index (χ4n) is 2.14. The zero-order valence-electron chi connectivity index (χ0n) is 10.2. The van der Waals surface area contributed by atoms with Crippen LogP contribution in [0, 0.1) is 0 Å². The number of allylic oxidation sites excluding steroid dienone is 1.